The number of carbonyl (C=O) groups is 1. The fourth-order valence-corrected chi connectivity index (χ4v) is 1.83. The Bertz CT molecular complexity index is 437. The second-order valence-corrected chi connectivity index (χ2v) is 4.29. The first-order valence-corrected chi connectivity index (χ1v) is 5.70. The number of halogens is 1. The second-order valence-electron chi connectivity index (χ2n) is 3.37. The fourth-order valence-electron chi connectivity index (χ4n) is 1.40. The van der Waals surface area contributed by atoms with Crippen LogP contribution in [-0.4, -0.2) is 12.9 Å². The van der Waals surface area contributed by atoms with Gasteiger partial charge in [0.25, 0.3) is 0 Å². The highest BCUT2D eigenvalue weighted by atomic mass is 79.9. The monoisotopic (exact) mass is 281 g/mol. The molecule has 0 aliphatic rings. The molecule has 0 fully saturated rings. The van der Waals surface area contributed by atoms with E-state index in [-0.39, 0.29) is 17.0 Å². The fraction of sp³-hybridized carbons (Fsp3) is 0.333. The third-order valence-electron chi connectivity index (χ3n) is 2.25. The number of nitriles is 1. The minimum atomic E-state index is -0.383. The van der Waals surface area contributed by atoms with Crippen molar-refractivity contribution in [2.45, 2.75) is 18.2 Å². The molecule has 1 rings (SSSR count). The van der Waals surface area contributed by atoms with E-state index in [1.807, 2.05) is 6.07 Å². The van der Waals surface area contributed by atoms with Crippen LogP contribution < -0.4 is 4.74 Å². The molecular formula is C12H12BrNO2. The van der Waals surface area contributed by atoms with Gasteiger partial charge >= 0.3 is 0 Å². The second kappa shape index (κ2) is 5.66. The van der Waals surface area contributed by atoms with Crippen LogP contribution >= 0.6 is 15.9 Å². The van der Waals surface area contributed by atoms with Crippen LogP contribution in [0.15, 0.2) is 18.2 Å². The number of benzene rings is 1. The molecule has 1 aromatic carbocycles. The smallest absolute Gasteiger partial charge is 0.147 e. The first-order valence-electron chi connectivity index (χ1n) is 4.78. The van der Waals surface area contributed by atoms with Gasteiger partial charge in [0, 0.05) is 0 Å². The largest absolute Gasteiger partial charge is 0.497 e. The van der Waals surface area contributed by atoms with Gasteiger partial charge in [0.1, 0.15) is 11.5 Å². The molecule has 4 heteroatoms. The van der Waals surface area contributed by atoms with E-state index in [0.717, 1.165) is 11.1 Å². The van der Waals surface area contributed by atoms with Crippen LogP contribution in [0.1, 0.15) is 22.9 Å². The molecule has 3 nitrogen and oxygen atoms in total. The van der Waals surface area contributed by atoms with Gasteiger partial charge in [-0.05, 0) is 30.2 Å². The Morgan fingerprint density at radius 1 is 1.62 bits per heavy atom. The molecular weight excluding hydrogens is 270 g/mol. The molecule has 0 spiro atoms. The Labute approximate surface area is 103 Å². The van der Waals surface area contributed by atoms with Crippen molar-refractivity contribution in [3.05, 3.63) is 29.3 Å². The van der Waals surface area contributed by atoms with E-state index < -0.39 is 0 Å². The van der Waals surface area contributed by atoms with E-state index in [9.17, 15) is 4.79 Å². The highest BCUT2D eigenvalue weighted by molar-refractivity contribution is 9.09. The predicted octanol–water partition coefficient (Wildman–Crippen LogP) is 2.79. The minimum absolute atomic E-state index is 0.00689. The summed E-state index contributed by atoms with van der Waals surface area (Å²) in [5.74, 6) is 0.690. The van der Waals surface area contributed by atoms with Crippen molar-refractivity contribution in [1.82, 2.24) is 0 Å². The average molecular weight is 282 g/mol. The average Bonchev–Trinajstić information content (AvgIpc) is 2.29. The molecule has 1 atom stereocenters. The molecule has 0 aliphatic heterocycles. The molecule has 0 aromatic heterocycles. The van der Waals surface area contributed by atoms with E-state index in [2.05, 4.69) is 22.0 Å². The van der Waals surface area contributed by atoms with Crippen molar-refractivity contribution in [3.8, 4) is 11.8 Å². The van der Waals surface area contributed by atoms with Crippen molar-refractivity contribution in [2.75, 3.05) is 7.11 Å². The van der Waals surface area contributed by atoms with Crippen molar-refractivity contribution < 1.29 is 9.53 Å². The summed E-state index contributed by atoms with van der Waals surface area (Å²) in [5.41, 5.74) is 1.65. The van der Waals surface area contributed by atoms with Crippen molar-refractivity contribution in [2.24, 2.45) is 0 Å². The van der Waals surface area contributed by atoms with Crippen LogP contribution in [0.5, 0.6) is 5.75 Å². The molecule has 0 aliphatic carbocycles. The summed E-state index contributed by atoms with van der Waals surface area (Å²) >= 11 is 3.32. The van der Waals surface area contributed by atoms with Crippen LogP contribution in [0.3, 0.4) is 0 Å². The van der Waals surface area contributed by atoms with Crippen molar-refractivity contribution in [1.29, 1.82) is 5.26 Å². The molecule has 84 valence electrons. The molecule has 0 saturated carbocycles. The van der Waals surface area contributed by atoms with Crippen LogP contribution in [0.25, 0.3) is 0 Å². The Hall–Kier alpha value is -1.34. The maximum atomic E-state index is 11.3. The molecule has 0 saturated heterocycles. The number of hydrogen-bond acceptors (Lipinski definition) is 3. The van der Waals surface area contributed by atoms with Gasteiger partial charge in [0.05, 0.1) is 24.4 Å². The topological polar surface area (TPSA) is 50.1 Å². The first-order chi connectivity index (χ1) is 7.60. The van der Waals surface area contributed by atoms with Gasteiger partial charge in [-0.15, -0.1) is 0 Å². The maximum absolute atomic E-state index is 11.3. The van der Waals surface area contributed by atoms with E-state index in [1.165, 1.54) is 6.92 Å². The number of carbonyl (C=O) groups excluding carboxylic acids is 1. The number of hydrogen-bond donors (Lipinski definition) is 0. The Morgan fingerprint density at radius 2 is 2.31 bits per heavy atom. The normalized spacial score (nSPS) is 11.6. The molecule has 0 radical (unpaired) electrons. The third kappa shape index (κ3) is 2.83. The Balaban J connectivity index is 3.20. The lowest BCUT2D eigenvalue weighted by Gasteiger charge is -2.12. The lowest BCUT2D eigenvalue weighted by molar-refractivity contribution is -0.116. The zero-order valence-corrected chi connectivity index (χ0v) is 10.7. The highest BCUT2D eigenvalue weighted by Gasteiger charge is 2.17. The Kier molecular flexibility index (Phi) is 4.51. The van der Waals surface area contributed by atoms with Crippen LogP contribution in [-0.2, 0) is 11.2 Å². The van der Waals surface area contributed by atoms with Crippen molar-refractivity contribution >= 4 is 21.7 Å². The number of ether oxygens (including phenoxy) is 1. The summed E-state index contributed by atoms with van der Waals surface area (Å²) in [7, 11) is 1.57. The minimum Gasteiger partial charge on any atom is -0.497 e. The lowest BCUT2D eigenvalue weighted by atomic mass is 10.0. The molecule has 0 heterocycles. The zero-order chi connectivity index (χ0) is 12.1. The van der Waals surface area contributed by atoms with Gasteiger partial charge in [-0.2, -0.15) is 5.26 Å². The summed E-state index contributed by atoms with van der Waals surface area (Å²) in [4.78, 5) is 10.9. The first kappa shape index (κ1) is 12.7. The molecule has 0 N–H and O–H groups in total. The molecule has 0 amide bonds. The number of nitrogens with zero attached hydrogens (tertiary/aromatic N) is 1. The van der Waals surface area contributed by atoms with Crippen LogP contribution in [0.4, 0.5) is 0 Å². The molecule has 16 heavy (non-hydrogen) atoms. The van der Waals surface area contributed by atoms with E-state index in [1.54, 1.807) is 19.2 Å². The summed E-state index contributed by atoms with van der Waals surface area (Å²) in [5, 5.41) is 8.71. The van der Waals surface area contributed by atoms with Gasteiger partial charge < -0.3 is 4.74 Å². The number of ketones is 1. The van der Waals surface area contributed by atoms with Gasteiger partial charge in [0.15, 0.2) is 0 Å². The third-order valence-corrected chi connectivity index (χ3v) is 3.39. The predicted molar refractivity (Wildman–Crippen MR) is 64.7 cm³/mol. The number of Topliss-reactive ketones (excluding diaryl/α,β-unsaturated/α-hetero) is 1. The van der Waals surface area contributed by atoms with Crippen LogP contribution in [0.2, 0.25) is 0 Å². The summed E-state index contributed by atoms with van der Waals surface area (Å²) in [6.07, 6.45) is 0.286. The molecule has 1 aromatic rings. The van der Waals surface area contributed by atoms with Gasteiger partial charge in [-0.25, -0.2) is 0 Å². The SMILES string of the molecule is COc1ccc(CC#N)c(C(Br)C(C)=O)c1. The van der Waals surface area contributed by atoms with Crippen molar-refractivity contribution in [3.63, 3.8) is 0 Å². The molecule has 1 unspecified atom stereocenters. The number of rotatable bonds is 4. The Morgan fingerprint density at radius 3 is 2.81 bits per heavy atom. The lowest BCUT2D eigenvalue weighted by Crippen LogP contribution is -2.05. The maximum Gasteiger partial charge on any atom is 0.147 e. The van der Waals surface area contributed by atoms with Gasteiger partial charge in [-0.1, -0.05) is 22.0 Å². The highest BCUT2D eigenvalue weighted by Crippen LogP contribution is 2.30. The number of methoxy groups -OCH3 is 1. The van der Waals surface area contributed by atoms with Gasteiger partial charge in [-0.3, -0.25) is 4.79 Å². The summed E-state index contributed by atoms with van der Waals surface area (Å²) in [6.45, 7) is 1.51. The standard InChI is InChI=1S/C12H12BrNO2/c1-8(15)12(13)11-7-10(16-2)4-3-9(11)5-6-14/h3-4,7,12H,5H2,1-2H3. The van der Waals surface area contributed by atoms with E-state index in [4.69, 9.17) is 10.00 Å². The summed E-state index contributed by atoms with van der Waals surface area (Å²) < 4.78 is 5.10. The van der Waals surface area contributed by atoms with E-state index >= 15 is 0 Å². The van der Waals surface area contributed by atoms with E-state index in [0.29, 0.717) is 5.75 Å². The van der Waals surface area contributed by atoms with Crippen LogP contribution in [0, 0.1) is 11.3 Å². The quantitative estimate of drug-likeness (QED) is 0.798. The molecule has 0 bridgehead atoms. The zero-order valence-electron chi connectivity index (χ0n) is 9.16. The van der Waals surface area contributed by atoms with Gasteiger partial charge in [0.2, 0.25) is 0 Å². The number of alkyl halides is 1. The summed E-state index contributed by atoms with van der Waals surface area (Å²) in [6, 6.07) is 7.47.